The maximum Gasteiger partial charge on any atom is 0.171 e. The molecule has 1 heterocycles. The Kier molecular flexibility index (Phi) is 5.42. The van der Waals surface area contributed by atoms with E-state index in [9.17, 15) is 0 Å². The van der Waals surface area contributed by atoms with Crippen molar-refractivity contribution < 1.29 is 4.74 Å². The van der Waals surface area contributed by atoms with Crippen molar-refractivity contribution in [2.75, 3.05) is 5.32 Å². The number of anilines is 1. The number of aromatic nitrogens is 1. The summed E-state index contributed by atoms with van der Waals surface area (Å²) in [4.78, 5) is 4.00. The molecule has 0 atom stereocenters. The van der Waals surface area contributed by atoms with Crippen molar-refractivity contribution in [1.29, 1.82) is 0 Å². The second-order valence-electron chi connectivity index (χ2n) is 5.71. The van der Waals surface area contributed by atoms with Gasteiger partial charge in [0, 0.05) is 24.6 Å². The molecule has 0 bridgehead atoms. The second kappa shape index (κ2) is 7.92. The average molecular weight is 327 g/mol. The van der Waals surface area contributed by atoms with Gasteiger partial charge in [-0.2, -0.15) is 0 Å². The molecule has 3 rings (SSSR count). The molecule has 0 spiro atoms. The van der Waals surface area contributed by atoms with Crippen LogP contribution in [0.4, 0.5) is 5.69 Å². The molecule has 2 aromatic rings. The Balaban J connectivity index is 1.46. The van der Waals surface area contributed by atoms with Gasteiger partial charge in [0.2, 0.25) is 0 Å². The van der Waals surface area contributed by atoms with Crippen LogP contribution in [0, 0.1) is 0 Å². The van der Waals surface area contributed by atoms with Crippen LogP contribution in [0.25, 0.3) is 0 Å². The maximum absolute atomic E-state index is 5.96. The van der Waals surface area contributed by atoms with E-state index in [1.807, 2.05) is 36.4 Å². The summed E-state index contributed by atoms with van der Waals surface area (Å²) in [5.41, 5.74) is 2.10. The van der Waals surface area contributed by atoms with Crippen molar-refractivity contribution in [2.24, 2.45) is 0 Å². The highest BCUT2D eigenvalue weighted by atomic mass is 32.1. The van der Waals surface area contributed by atoms with Crippen LogP contribution in [0.2, 0.25) is 0 Å². The van der Waals surface area contributed by atoms with Crippen molar-refractivity contribution in [3.63, 3.8) is 0 Å². The number of pyridine rings is 1. The fraction of sp³-hybridized carbons (Fsp3) is 0.333. The minimum absolute atomic E-state index is 0.386. The lowest BCUT2D eigenvalue weighted by molar-refractivity contribution is 0.210. The van der Waals surface area contributed by atoms with Crippen LogP contribution in [0.5, 0.6) is 5.75 Å². The average Bonchev–Trinajstić information content (AvgIpc) is 3.09. The first kappa shape index (κ1) is 15.7. The Morgan fingerprint density at radius 3 is 2.48 bits per heavy atom. The fourth-order valence-corrected chi connectivity index (χ4v) is 2.86. The third kappa shape index (κ3) is 4.93. The monoisotopic (exact) mass is 327 g/mol. The predicted octanol–water partition coefficient (Wildman–Crippen LogP) is 3.89. The number of rotatable bonds is 5. The van der Waals surface area contributed by atoms with E-state index in [-0.39, 0.29) is 0 Å². The van der Waals surface area contributed by atoms with E-state index in [0.717, 1.165) is 17.0 Å². The standard InChI is InChI=1S/C18H21N3OS/c23-18(20-13-14-9-11-19-12-10-14)21-15-5-7-17(8-6-15)22-16-3-1-2-4-16/h5-12,16H,1-4,13H2,(H2,20,21,23). The first-order valence-corrected chi connectivity index (χ1v) is 8.41. The van der Waals surface area contributed by atoms with Gasteiger partial charge in [-0.15, -0.1) is 0 Å². The smallest absolute Gasteiger partial charge is 0.171 e. The molecule has 1 saturated carbocycles. The Morgan fingerprint density at radius 1 is 1.09 bits per heavy atom. The summed E-state index contributed by atoms with van der Waals surface area (Å²) in [6, 6.07) is 11.9. The van der Waals surface area contributed by atoms with Crippen LogP contribution in [0.15, 0.2) is 48.8 Å². The zero-order chi connectivity index (χ0) is 15.9. The summed E-state index contributed by atoms with van der Waals surface area (Å²) in [6.45, 7) is 0.678. The van der Waals surface area contributed by atoms with E-state index in [4.69, 9.17) is 17.0 Å². The molecule has 1 aromatic carbocycles. The van der Waals surface area contributed by atoms with Crippen LogP contribution >= 0.6 is 12.2 Å². The van der Waals surface area contributed by atoms with E-state index < -0.39 is 0 Å². The Labute approximate surface area is 142 Å². The van der Waals surface area contributed by atoms with E-state index >= 15 is 0 Å². The van der Waals surface area contributed by atoms with Gasteiger partial charge in [0.25, 0.3) is 0 Å². The number of benzene rings is 1. The summed E-state index contributed by atoms with van der Waals surface area (Å²) in [5.74, 6) is 0.929. The van der Waals surface area contributed by atoms with Crippen LogP contribution in [-0.2, 0) is 6.54 Å². The van der Waals surface area contributed by atoms with E-state index in [1.165, 1.54) is 25.7 Å². The van der Waals surface area contributed by atoms with Crippen molar-refractivity contribution in [3.8, 4) is 5.75 Å². The quantitative estimate of drug-likeness (QED) is 0.816. The van der Waals surface area contributed by atoms with Crippen molar-refractivity contribution in [3.05, 3.63) is 54.4 Å². The van der Waals surface area contributed by atoms with Gasteiger partial charge < -0.3 is 15.4 Å². The van der Waals surface area contributed by atoms with Gasteiger partial charge in [-0.05, 0) is 79.9 Å². The number of ether oxygens (including phenoxy) is 1. The molecule has 0 saturated heterocycles. The van der Waals surface area contributed by atoms with Crippen LogP contribution < -0.4 is 15.4 Å². The molecule has 4 nitrogen and oxygen atoms in total. The first-order valence-electron chi connectivity index (χ1n) is 8.00. The zero-order valence-electron chi connectivity index (χ0n) is 13.0. The normalized spacial score (nSPS) is 14.4. The highest BCUT2D eigenvalue weighted by Crippen LogP contribution is 2.24. The molecule has 120 valence electrons. The summed E-state index contributed by atoms with van der Waals surface area (Å²) in [5, 5.41) is 6.97. The minimum Gasteiger partial charge on any atom is -0.490 e. The first-order chi connectivity index (χ1) is 11.3. The predicted molar refractivity (Wildman–Crippen MR) is 96.6 cm³/mol. The van der Waals surface area contributed by atoms with Crippen LogP contribution in [0.1, 0.15) is 31.2 Å². The molecular formula is C18H21N3OS. The van der Waals surface area contributed by atoms with Crippen molar-refractivity contribution in [2.45, 2.75) is 38.3 Å². The molecule has 1 aliphatic carbocycles. The van der Waals surface area contributed by atoms with E-state index in [0.29, 0.717) is 17.8 Å². The lowest BCUT2D eigenvalue weighted by atomic mass is 10.2. The third-order valence-corrected chi connectivity index (χ3v) is 4.17. The summed E-state index contributed by atoms with van der Waals surface area (Å²) < 4.78 is 5.96. The zero-order valence-corrected chi connectivity index (χ0v) is 13.8. The van der Waals surface area contributed by atoms with Gasteiger partial charge >= 0.3 is 0 Å². The Bertz CT molecular complexity index is 624. The van der Waals surface area contributed by atoms with Crippen LogP contribution in [-0.4, -0.2) is 16.2 Å². The highest BCUT2D eigenvalue weighted by Gasteiger charge is 2.16. The molecule has 0 aliphatic heterocycles. The summed E-state index contributed by atoms with van der Waals surface area (Å²) in [7, 11) is 0. The van der Waals surface area contributed by atoms with Gasteiger partial charge in [0.05, 0.1) is 6.10 Å². The molecule has 1 aromatic heterocycles. The SMILES string of the molecule is S=C(NCc1ccncc1)Nc1ccc(OC2CCCC2)cc1. The molecule has 23 heavy (non-hydrogen) atoms. The number of thiocarbonyl (C=S) groups is 1. The maximum atomic E-state index is 5.96. The fourth-order valence-electron chi connectivity index (χ4n) is 2.67. The molecule has 5 heteroatoms. The lowest BCUT2D eigenvalue weighted by Crippen LogP contribution is -2.27. The van der Waals surface area contributed by atoms with E-state index in [2.05, 4.69) is 15.6 Å². The van der Waals surface area contributed by atoms with Crippen molar-refractivity contribution >= 4 is 23.0 Å². The number of nitrogens with one attached hydrogen (secondary N) is 2. The third-order valence-electron chi connectivity index (χ3n) is 3.92. The summed E-state index contributed by atoms with van der Waals surface area (Å²) in [6.07, 6.45) is 8.83. The van der Waals surface area contributed by atoms with Crippen molar-refractivity contribution in [1.82, 2.24) is 10.3 Å². The molecule has 1 fully saturated rings. The van der Waals surface area contributed by atoms with Crippen LogP contribution in [0.3, 0.4) is 0 Å². The molecule has 1 aliphatic rings. The minimum atomic E-state index is 0.386. The highest BCUT2D eigenvalue weighted by molar-refractivity contribution is 7.80. The number of hydrogen-bond donors (Lipinski definition) is 2. The summed E-state index contributed by atoms with van der Waals surface area (Å²) >= 11 is 5.31. The Morgan fingerprint density at radius 2 is 1.78 bits per heavy atom. The van der Waals surface area contributed by atoms with E-state index in [1.54, 1.807) is 12.4 Å². The molecule has 0 amide bonds. The largest absolute Gasteiger partial charge is 0.490 e. The topological polar surface area (TPSA) is 46.2 Å². The molecule has 0 unspecified atom stereocenters. The Hall–Kier alpha value is -2.14. The molecule has 2 N–H and O–H groups in total. The van der Waals surface area contributed by atoms with Gasteiger partial charge in [-0.1, -0.05) is 0 Å². The molecular weight excluding hydrogens is 306 g/mol. The second-order valence-corrected chi connectivity index (χ2v) is 6.12. The number of hydrogen-bond acceptors (Lipinski definition) is 3. The van der Waals surface area contributed by atoms with Gasteiger partial charge in [-0.3, -0.25) is 4.98 Å². The molecule has 0 radical (unpaired) electrons. The van der Waals surface area contributed by atoms with Gasteiger partial charge in [0.1, 0.15) is 5.75 Å². The lowest BCUT2D eigenvalue weighted by Gasteiger charge is -2.14. The number of nitrogens with zero attached hydrogens (tertiary/aromatic N) is 1. The van der Waals surface area contributed by atoms with Gasteiger partial charge in [0.15, 0.2) is 5.11 Å². The van der Waals surface area contributed by atoms with Gasteiger partial charge in [-0.25, -0.2) is 0 Å².